The zero-order valence-electron chi connectivity index (χ0n) is 11.6. The lowest BCUT2D eigenvalue weighted by atomic mass is 10.0. The number of anilines is 1. The van der Waals surface area contributed by atoms with E-state index in [0.29, 0.717) is 13.2 Å². The average molecular weight is 280 g/mol. The molecule has 1 fully saturated rings. The Morgan fingerprint density at radius 3 is 2.75 bits per heavy atom. The molecular formula is C14H20N2O4. The fourth-order valence-corrected chi connectivity index (χ4v) is 2.52. The number of benzene rings is 1. The second-order valence-electron chi connectivity index (χ2n) is 5.16. The van der Waals surface area contributed by atoms with Crippen LogP contribution in [0.1, 0.15) is 32.6 Å². The van der Waals surface area contributed by atoms with Crippen molar-refractivity contribution >= 4 is 11.4 Å². The van der Waals surface area contributed by atoms with E-state index in [9.17, 15) is 15.2 Å². The first-order chi connectivity index (χ1) is 9.54. The summed E-state index contributed by atoms with van der Waals surface area (Å²) in [4.78, 5) is 10.4. The van der Waals surface area contributed by atoms with Gasteiger partial charge in [0.05, 0.1) is 17.1 Å². The average Bonchev–Trinajstić information content (AvgIpc) is 2.84. The zero-order valence-corrected chi connectivity index (χ0v) is 11.6. The van der Waals surface area contributed by atoms with Crippen LogP contribution in [0.2, 0.25) is 0 Å². The molecule has 0 saturated heterocycles. The Morgan fingerprint density at radius 2 is 2.15 bits per heavy atom. The summed E-state index contributed by atoms with van der Waals surface area (Å²) >= 11 is 0. The maximum atomic E-state index is 10.9. The maximum absolute atomic E-state index is 10.9. The molecule has 6 nitrogen and oxygen atoms in total. The van der Waals surface area contributed by atoms with Crippen molar-refractivity contribution in [3.63, 3.8) is 0 Å². The Balaban J connectivity index is 2.08. The van der Waals surface area contributed by atoms with Crippen LogP contribution in [-0.4, -0.2) is 28.8 Å². The third-order valence-corrected chi connectivity index (χ3v) is 3.61. The lowest BCUT2D eigenvalue weighted by molar-refractivity contribution is -0.385. The Labute approximate surface area is 117 Å². The quantitative estimate of drug-likeness (QED) is 0.618. The molecule has 0 heterocycles. The van der Waals surface area contributed by atoms with E-state index in [-0.39, 0.29) is 11.4 Å². The van der Waals surface area contributed by atoms with E-state index >= 15 is 0 Å². The van der Waals surface area contributed by atoms with Gasteiger partial charge < -0.3 is 15.2 Å². The van der Waals surface area contributed by atoms with Gasteiger partial charge in [-0.3, -0.25) is 10.1 Å². The van der Waals surface area contributed by atoms with E-state index in [4.69, 9.17) is 4.74 Å². The van der Waals surface area contributed by atoms with Crippen LogP contribution in [0.25, 0.3) is 0 Å². The number of ether oxygens (including phenoxy) is 1. The molecule has 0 unspecified atom stereocenters. The predicted molar refractivity (Wildman–Crippen MR) is 76.2 cm³/mol. The van der Waals surface area contributed by atoms with E-state index in [1.54, 1.807) is 19.1 Å². The van der Waals surface area contributed by atoms with E-state index < -0.39 is 10.5 Å². The monoisotopic (exact) mass is 280 g/mol. The lowest BCUT2D eigenvalue weighted by Gasteiger charge is -2.23. The molecule has 0 atom stereocenters. The molecule has 0 bridgehead atoms. The molecule has 0 spiro atoms. The summed E-state index contributed by atoms with van der Waals surface area (Å²) in [5.41, 5.74) is 0.0180. The van der Waals surface area contributed by atoms with Crippen molar-refractivity contribution < 1.29 is 14.8 Å². The van der Waals surface area contributed by atoms with Gasteiger partial charge in [-0.25, -0.2) is 0 Å². The van der Waals surface area contributed by atoms with Gasteiger partial charge in [0.15, 0.2) is 5.75 Å². The topological polar surface area (TPSA) is 84.6 Å². The van der Waals surface area contributed by atoms with Gasteiger partial charge in [-0.15, -0.1) is 0 Å². The molecular weight excluding hydrogens is 260 g/mol. The van der Waals surface area contributed by atoms with Crippen LogP contribution < -0.4 is 10.1 Å². The molecule has 0 radical (unpaired) electrons. The molecule has 1 aliphatic rings. The second-order valence-corrected chi connectivity index (χ2v) is 5.16. The van der Waals surface area contributed by atoms with Gasteiger partial charge in [0.2, 0.25) is 0 Å². The van der Waals surface area contributed by atoms with E-state index in [1.165, 1.54) is 6.07 Å². The van der Waals surface area contributed by atoms with E-state index in [2.05, 4.69) is 5.32 Å². The minimum atomic E-state index is -0.659. The van der Waals surface area contributed by atoms with Crippen LogP contribution >= 0.6 is 0 Å². The molecule has 1 aromatic carbocycles. The number of nitrogens with one attached hydrogen (secondary N) is 1. The Kier molecular flexibility index (Phi) is 4.44. The molecule has 1 aliphatic carbocycles. The predicted octanol–water partition coefficient (Wildman–Crippen LogP) is 2.71. The fraction of sp³-hybridized carbons (Fsp3) is 0.571. The standard InChI is InChI=1S/C14H20N2O4/c1-2-20-13-9-11(5-6-12(13)16(18)19)15-10-14(17)7-3-4-8-14/h5-6,9,15,17H,2-4,7-8,10H2,1H3. The molecule has 1 saturated carbocycles. The molecule has 2 N–H and O–H groups in total. The SMILES string of the molecule is CCOc1cc(NCC2(O)CCCC2)ccc1[N+](=O)[O-]. The third kappa shape index (κ3) is 3.39. The molecule has 0 amide bonds. The number of nitro groups is 1. The van der Waals surface area contributed by atoms with Crippen LogP contribution in [0, 0.1) is 10.1 Å². The highest BCUT2D eigenvalue weighted by molar-refractivity contribution is 5.58. The van der Waals surface area contributed by atoms with E-state index in [1.807, 2.05) is 0 Å². The number of rotatable bonds is 6. The number of hydrogen-bond acceptors (Lipinski definition) is 5. The summed E-state index contributed by atoms with van der Waals surface area (Å²) in [6.07, 6.45) is 3.68. The molecule has 1 aromatic rings. The molecule has 110 valence electrons. The Bertz CT molecular complexity index is 484. The van der Waals surface area contributed by atoms with E-state index in [0.717, 1.165) is 31.4 Å². The van der Waals surface area contributed by atoms with Crippen molar-refractivity contribution in [2.75, 3.05) is 18.5 Å². The highest BCUT2D eigenvalue weighted by Crippen LogP contribution is 2.32. The minimum Gasteiger partial charge on any atom is -0.487 e. The first-order valence-corrected chi connectivity index (χ1v) is 6.91. The van der Waals surface area contributed by atoms with Crippen molar-refractivity contribution in [3.8, 4) is 5.75 Å². The van der Waals surface area contributed by atoms with Crippen molar-refractivity contribution in [1.29, 1.82) is 0 Å². The van der Waals surface area contributed by atoms with Crippen LogP contribution in [0.5, 0.6) is 5.75 Å². The first kappa shape index (κ1) is 14.6. The number of nitro benzene ring substituents is 1. The fourth-order valence-electron chi connectivity index (χ4n) is 2.52. The van der Waals surface area contributed by atoms with Gasteiger partial charge in [-0.05, 0) is 25.8 Å². The lowest BCUT2D eigenvalue weighted by Crippen LogP contribution is -2.33. The van der Waals surface area contributed by atoms with Crippen LogP contribution in [0.15, 0.2) is 18.2 Å². The molecule has 0 aliphatic heterocycles. The van der Waals surface area contributed by atoms with Gasteiger partial charge in [0.25, 0.3) is 0 Å². The van der Waals surface area contributed by atoms with Crippen LogP contribution in [-0.2, 0) is 0 Å². The number of aliphatic hydroxyl groups is 1. The van der Waals surface area contributed by atoms with Gasteiger partial charge in [-0.1, -0.05) is 12.8 Å². The summed E-state index contributed by atoms with van der Waals surface area (Å²) in [5, 5.41) is 24.3. The third-order valence-electron chi connectivity index (χ3n) is 3.61. The molecule has 2 rings (SSSR count). The summed E-state index contributed by atoms with van der Waals surface area (Å²) in [6, 6.07) is 4.67. The van der Waals surface area contributed by atoms with Crippen molar-refractivity contribution in [1.82, 2.24) is 0 Å². The second kappa shape index (κ2) is 6.09. The van der Waals surface area contributed by atoms with Gasteiger partial charge in [0.1, 0.15) is 0 Å². The zero-order chi connectivity index (χ0) is 14.6. The smallest absolute Gasteiger partial charge is 0.311 e. The highest BCUT2D eigenvalue weighted by atomic mass is 16.6. The summed E-state index contributed by atoms with van der Waals surface area (Å²) in [6.45, 7) is 2.61. The largest absolute Gasteiger partial charge is 0.487 e. The highest BCUT2D eigenvalue weighted by Gasteiger charge is 2.30. The Hall–Kier alpha value is -1.82. The van der Waals surface area contributed by atoms with Crippen molar-refractivity contribution in [3.05, 3.63) is 28.3 Å². The first-order valence-electron chi connectivity index (χ1n) is 6.91. The van der Waals surface area contributed by atoms with Crippen molar-refractivity contribution in [2.45, 2.75) is 38.2 Å². The van der Waals surface area contributed by atoms with Gasteiger partial charge >= 0.3 is 5.69 Å². The van der Waals surface area contributed by atoms with Gasteiger partial charge in [0, 0.05) is 24.4 Å². The summed E-state index contributed by atoms with van der Waals surface area (Å²) < 4.78 is 5.29. The summed E-state index contributed by atoms with van der Waals surface area (Å²) in [5.74, 6) is 0.251. The summed E-state index contributed by atoms with van der Waals surface area (Å²) in [7, 11) is 0. The van der Waals surface area contributed by atoms with Crippen LogP contribution in [0.4, 0.5) is 11.4 Å². The van der Waals surface area contributed by atoms with Gasteiger partial charge in [-0.2, -0.15) is 0 Å². The molecule has 0 aromatic heterocycles. The Morgan fingerprint density at radius 1 is 1.45 bits per heavy atom. The van der Waals surface area contributed by atoms with Crippen LogP contribution in [0.3, 0.4) is 0 Å². The van der Waals surface area contributed by atoms with Crippen molar-refractivity contribution in [2.24, 2.45) is 0 Å². The minimum absolute atomic E-state index is 0.0445. The molecule has 6 heteroatoms. The normalized spacial score (nSPS) is 16.9. The number of nitrogens with zero attached hydrogens (tertiary/aromatic N) is 1. The maximum Gasteiger partial charge on any atom is 0.311 e. The number of hydrogen-bond donors (Lipinski definition) is 2. The molecule has 20 heavy (non-hydrogen) atoms.